The molecule has 106 valence electrons. The largest absolute Gasteiger partial charge is 0.337 e. The standard InChI is InChI=1S/C15H12FN3O2/c16-12-6-7-15(20)19(9-12)10-14-17-13(18-21-14)8-11-4-2-1-3-5-11/h1-7,9H,8,10H2. The van der Waals surface area contributed by atoms with Gasteiger partial charge in [-0.05, 0) is 11.6 Å². The second-order valence-corrected chi connectivity index (χ2v) is 4.58. The van der Waals surface area contributed by atoms with Crippen LogP contribution in [0.5, 0.6) is 0 Å². The number of nitrogens with zero attached hydrogens (tertiary/aromatic N) is 3. The van der Waals surface area contributed by atoms with E-state index in [1.807, 2.05) is 30.3 Å². The summed E-state index contributed by atoms with van der Waals surface area (Å²) in [7, 11) is 0. The van der Waals surface area contributed by atoms with Gasteiger partial charge in [-0.25, -0.2) is 4.39 Å². The Hall–Kier alpha value is -2.76. The van der Waals surface area contributed by atoms with Gasteiger partial charge < -0.3 is 9.09 Å². The van der Waals surface area contributed by atoms with E-state index >= 15 is 0 Å². The van der Waals surface area contributed by atoms with Gasteiger partial charge in [0, 0.05) is 18.7 Å². The molecule has 2 aromatic heterocycles. The van der Waals surface area contributed by atoms with Crippen molar-refractivity contribution in [3.63, 3.8) is 0 Å². The first-order valence-corrected chi connectivity index (χ1v) is 6.42. The first-order chi connectivity index (χ1) is 10.2. The number of pyridine rings is 1. The Morgan fingerprint density at radius 1 is 1.14 bits per heavy atom. The zero-order chi connectivity index (χ0) is 14.7. The lowest BCUT2D eigenvalue weighted by atomic mass is 10.1. The normalized spacial score (nSPS) is 10.7. The zero-order valence-corrected chi connectivity index (χ0v) is 11.1. The lowest BCUT2D eigenvalue weighted by Gasteiger charge is -2.00. The highest BCUT2D eigenvalue weighted by Crippen LogP contribution is 2.07. The minimum Gasteiger partial charge on any atom is -0.337 e. The predicted molar refractivity (Wildman–Crippen MR) is 73.3 cm³/mol. The SMILES string of the molecule is O=c1ccc(F)cn1Cc1nc(Cc2ccccc2)no1. The van der Waals surface area contributed by atoms with Gasteiger partial charge in [-0.1, -0.05) is 35.5 Å². The molecule has 0 radical (unpaired) electrons. The van der Waals surface area contributed by atoms with Crippen molar-refractivity contribution in [3.05, 3.63) is 82.1 Å². The molecule has 1 aromatic carbocycles. The summed E-state index contributed by atoms with van der Waals surface area (Å²) in [6, 6.07) is 12.0. The highest BCUT2D eigenvalue weighted by molar-refractivity contribution is 5.18. The van der Waals surface area contributed by atoms with Gasteiger partial charge in [0.25, 0.3) is 5.56 Å². The summed E-state index contributed by atoms with van der Waals surface area (Å²) in [5, 5.41) is 3.86. The molecule has 0 atom stereocenters. The molecule has 0 fully saturated rings. The number of aromatic nitrogens is 3. The van der Waals surface area contributed by atoms with Crippen LogP contribution in [0, 0.1) is 5.82 Å². The van der Waals surface area contributed by atoms with E-state index in [9.17, 15) is 9.18 Å². The third-order valence-electron chi connectivity index (χ3n) is 2.97. The molecule has 0 saturated carbocycles. The van der Waals surface area contributed by atoms with Crippen molar-refractivity contribution in [1.82, 2.24) is 14.7 Å². The first kappa shape index (κ1) is 13.2. The molecule has 0 N–H and O–H groups in total. The molecule has 3 aromatic rings. The van der Waals surface area contributed by atoms with Gasteiger partial charge in [-0.15, -0.1) is 0 Å². The first-order valence-electron chi connectivity index (χ1n) is 6.42. The summed E-state index contributed by atoms with van der Waals surface area (Å²) in [6.07, 6.45) is 1.66. The molecular weight excluding hydrogens is 273 g/mol. The van der Waals surface area contributed by atoms with Gasteiger partial charge in [0.05, 0.1) is 0 Å². The van der Waals surface area contributed by atoms with E-state index in [1.54, 1.807) is 0 Å². The Morgan fingerprint density at radius 2 is 1.95 bits per heavy atom. The summed E-state index contributed by atoms with van der Waals surface area (Å²) in [5.74, 6) is 0.313. The molecule has 0 spiro atoms. The van der Waals surface area contributed by atoms with Gasteiger partial charge in [0.15, 0.2) is 5.82 Å². The topological polar surface area (TPSA) is 60.9 Å². The Kier molecular flexibility index (Phi) is 3.59. The zero-order valence-electron chi connectivity index (χ0n) is 11.1. The molecule has 5 nitrogen and oxygen atoms in total. The Morgan fingerprint density at radius 3 is 2.76 bits per heavy atom. The van der Waals surface area contributed by atoms with E-state index in [0.717, 1.165) is 23.9 Å². The van der Waals surface area contributed by atoms with Crippen molar-refractivity contribution in [3.8, 4) is 0 Å². The fraction of sp³-hybridized carbons (Fsp3) is 0.133. The van der Waals surface area contributed by atoms with Crippen LogP contribution in [0.4, 0.5) is 4.39 Å². The van der Waals surface area contributed by atoms with Gasteiger partial charge >= 0.3 is 0 Å². The number of hydrogen-bond donors (Lipinski definition) is 0. The lowest BCUT2D eigenvalue weighted by molar-refractivity contribution is 0.364. The summed E-state index contributed by atoms with van der Waals surface area (Å²) in [6.45, 7) is 0.0540. The number of hydrogen-bond acceptors (Lipinski definition) is 4. The van der Waals surface area contributed by atoms with Crippen LogP contribution in [0.2, 0.25) is 0 Å². The van der Waals surface area contributed by atoms with E-state index in [-0.39, 0.29) is 18.0 Å². The van der Waals surface area contributed by atoms with Gasteiger partial charge in [-0.2, -0.15) is 4.98 Å². The molecule has 0 unspecified atom stereocenters. The van der Waals surface area contributed by atoms with Crippen LogP contribution in [-0.2, 0) is 13.0 Å². The van der Waals surface area contributed by atoms with Crippen molar-refractivity contribution in [2.75, 3.05) is 0 Å². The number of benzene rings is 1. The van der Waals surface area contributed by atoms with Crippen LogP contribution >= 0.6 is 0 Å². The molecule has 3 rings (SSSR count). The van der Waals surface area contributed by atoms with Crippen LogP contribution in [0.1, 0.15) is 17.3 Å². The second-order valence-electron chi connectivity index (χ2n) is 4.58. The molecule has 0 saturated heterocycles. The van der Waals surface area contributed by atoms with Crippen LogP contribution in [-0.4, -0.2) is 14.7 Å². The number of rotatable bonds is 4. The maximum absolute atomic E-state index is 13.1. The summed E-state index contributed by atoms with van der Waals surface area (Å²) in [5.41, 5.74) is 0.743. The molecular formula is C15H12FN3O2. The fourth-order valence-corrected chi connectivity index (χ4v) is 1.98. The van der Waals surface area contributed by atoms with Crippen molar-refractivity contribution in [1.29, 1.82) is 0 Å². The fourth-order valence-electron chi connectivity index (χ4n) is 1.98. The van der Waals surface area contributed by atoms with Crippen LogP contribution in [0.3, 0.4) is 0 Å². The van der Waals surface area contributed by atoms with Crippen molar-refractivity contribution < 1.29 is 8.91 Å². The third kappa shape index (κ3) is 3.22. The van der Waals surface area contributed by atoms with E-state index in [1.165, 1.54) is 4.57 Å². The maximum atomic E-state index is 13.1. The smallest absolute Gasteiger partial charge is 0.251 e. The van der Waals surface area contributed by atoms with E-state index in [0.29, 0.717) is 12.2 Å². The summed E-state index contributed by atoms with van der Waals surface area (Å²) >= 11 is 0. The Bertz CT molecular complexity index is 796. The molecule has 21 heavy (non-hydrogen) atoms. The highest BCUT2D eigenvalue weighted by atomic mass is 19.1. The molecule has 2 heterocycles. The highest BCUT2D eigenvalue weighted by Gasteiger charge is 2.09. The van der Waals surface area contributed by atoms with Gasteiger partial charge in [-0.3, -0.25) is 4.79 Å². The monoisotopic (exact) mass is 285 g/mol. The quantitative estimate of drug-likeness (QED) is 0.735. The number of halogens is 1. The molecule has 6 heteroatoms. The maximum Gasteiger partial charge on any atom is 0.251 e. The van der Waals surface area contributed by atoms with E-state index in [4.69, 9.17) is 4.52 Å². The molecule has 0 amide bonds. The lowest BCUT2D eigenvalue weighted by Crippen LogP contribution is -2.19. The Labute approximate surface area is 119 Å². The van der Waals surface area contributed by atoms with Crippen LogP contribution < -0.4 is 5.56 Å². The average Bonchev–Trinajstić information content (AvgIpc) is 2.91. The predicted octanol–water partition coefficient (Wildman–Crippen LogP) is 2.01. The summed E-state index contributed by atoms with van der Waals surface area (Å²) in [4.78, 5) is 15.8. The van der Waals surface area contributed by atoms with Crippen molar-refractivity contribution >= 4 is 0 Å². The molecule has 0 bridgehead atoms. The van der Waals surface area contributed by atoms with Crippen molar-refractivity contribution in [2.24, 2.45) is 0 Å². The van der Waals surface area contributed by atoms with Crippen LogP contribution in [0.25, 0.3) is 0 Å². The van der Waals surface area contributed by atoms with E-state index < -0.39 is 5.82 Å². The third-order valence-corrected chi connectivity index (χ3v) is 2.97. The Balaban J connectivity index is 1.76. The molecule has 0 aliphatic heterocycles. The van der Waals surface area contributed by atoms with E-state index in [2.05, 4.69) is 10.1 Å². The van der Waals surface area contributed by atoms with Crippen molar-refractivity contribution in [2.45, 2.75) is 13.0 Å². The second kappa shape index (κ2) is 5.70. The minimum absolute atomic E-state index is 0.0540. The average molecular weight is 285 g/mol. The molecule has 0 aliphatic rings. The van der Waals surface area contributed by atoms with Gasteiger partial charge in [0.1, 0.15) is 12.4 Å². The van der Waals surface area contributed by atoms with Gasteiger partial charge in [0.2, 0.25) is 5.89 Å². The van der Waals surface area contributed by atoms with Crippen LogP contribution in [0.15, 0.2) is 58.0 Å². The minimum atomic E-state index is -0.487. The molecule has 0 aliphatic carbocycles. The summed E-state index contributed by atoms with van der Waals surface area (Å²) < 4.78 is 19.4.